The minimum atomic E-state index is 0. The Bertz CT molecular complexity index is 6.00. The zero-order valence-corrected chi connectivity index (χ0v) is 7.43. The van der Waals surface area contributed by atoms with Crippen LogP contribution in [0.1, 0.15) is 0 Å². The third-order valence-electron chi connectivity index (χ3n) is 0. The Hall–Kier alpha value is 3.14. The molecule has 0 aromatic carbocycles. The van der Waals surface area contributed by atoms with Crippen LogP contribution in [-0.2, 0) is 0 Å². The Labute approximate surface area is 96.1 Å². The molecule has 0 aromatic rings. The van der Waals surface area contributed by atoms with Gasteiger partial charge < -0.3 is 0 Å². The molecular weight excluding hydrogens is 222 g/mol. The van der Waals surface area contributed by atoms with Crippen molar-refractivity contribution in [3.05, 3.63) is 0 Å². The van der Waals surface area contributed by atoms with Crippen LogP contribution in [0.3, 0.4) is 0 Å². The Morgan fingerprint density at radius 1 is 1.00 bits per heavy atom. The zero-order valence-electron chi connectivity index (χ0n) is 1.60. The van der Waals surface area contributed by atoms with Crippen molar-refractivity contribution in [2.75, 3.05) is 0 Å². The molecule has 0 unspecified atom stereocenters. The predicted molar refractivity (Wildman–Crippen MR) is 33.7 cm³/mol. The molecule has 0 fully saturated rings. The van der Waals surface area contributed by atoms with Crippen LogP contribution in [0, 0.1) is 0 Å². The first-order valence-corrected chi connectivity index (χ1v) is 1.80. The topological polar surface area (TPSA) is 0 Å². The Balaban J connectivity index is -0.00000000500. The summed E-state index contributed by atoms with van der Waals surface area (Å²) in [6.07, 6.45) is 0. The second kappa shape index (κ2) is 16.5. The molecule has 0 aliphatic heterocycles. The summed E-state index contributed by atoms with van der Waals surface area (Å²) in [4.78, 5) is 0. The normalized spacial score (nSPS) is 1.50. The Kier molecular flexibility index (Phi) is 64.6. The van der Waals surface area contributed by atoms with Crippen LogP contribution in [0.25, 0.3) is 0 Å². The SMILES string of the molecule is SS.[KH].[SnH2]. The van der Waals surface area contributed by atoms with Crippen LogP contribution in [0.2, 0.25) is 0 Å². The van der Waals surface area contributed by atoms with E-state index in [0.29, 0.717) is 0 Å². The minimum absolute atomic E-state index is 0. The summed E-state index contributed by atoms with van der Waals surface area (Å²) in [5, 5.41) is 0. The second-order valence-corrected chi connectivity index (χ2v) is 0. The number of thiol groups is 2. The van der Waals surface area contributed by atoms with E-state index in [1.54, 1.807) is 0 Å². The molecule has 4 heteroatoms. The van der Waals surface area contributed by atoms with Gasteiger partial charge in [-0.25, -0.2) is 0 Å². The van der Waals surface area contributed by atoms with Gasteiger partial charge in [-0.15, -0.1) is 23.3 Å². The molecule has 0 aliphatic carbocycles. The summed E-state index contributed by atoms with van der Waals surface area (Å²) in [6.45, 7) is 0. The van der Waals surface area contributed by atoms with Crippen molar-refractivity contribution < 1.29 is 0 Å². The molecule has 0 saturated carbocycles. The van der Waals surface area contributed by atoms with E-state index in [1.807, 2.05) is 0 Å². The summed E-state index contributed by atoms with van der Waals surface area (Å²) in [7, 11) is 0. The van der Waals surface area contributed by atoms with Gasteiger partial charge in [-0.1, -0.05) is 0 Å². The molecule has 0 heterocycles. The second-order valence-electron chi connectivity index (χ2n) is 0. The third kappa shape index (κ3) is 8.93. The zero-order chi connectivity index (χ0) is 2.00. The first-order valence-electron chi connectivity index (χ1n) is 0.200. The van der Waals surface area contributed by atoms with E-state index in [9.17, 15) is 0 Å². The molecule has 0 saturated heterocycles. The van der Waals surface area contributed by atoms with Crippen LogP contribution in [0.5, 0.6) is 0 Å². The summed E-state index contributed by atoms with van der Waals surface area (Å²) in [6, 6.07) is 0. The molecule has 4 heavy (non-hydrogen) atoms. The van der Waals surface area contributed by atoms with E-state index in [0.717, 1.165) is 0 Å². The van der Waals surface area contributed by atoms with Crippen molar-refractivity contribution in [2.45, 2.75) is 0 Å². The van der Waals surface area contributed by atoms with Gasteiger partial charge in [-0.3, -0.25) is 0 Å². The molecule has 0 spiro atoms. The molecule has 0 bridgehead atoms. The van der Waals surface area contributed by atoms with Crippen molar-refractivity contribution in [1.29, 1.82) is 0 Å². The van der Waals surface area contributed by atoms with Gasteiger partial charge in [0.25, 0.3) is 0 Å². The van der Waals surface area contributed by atoms with Crippen LogP contribution in [-0.4, -0.2) is 75.3 Å². The van der Waals surface area contributed by atoms with Gasteiger partial charge >= 0.3 is 75.3 Å². The third-order valence-corrected chi connectivity index (χ3v) is 0. The Morgan fingerprint density at radius 2 is 1.00 bits per heavy atom. The van der Waals surface area contributed by atoms with Gasteiger partial charge in [0, 0.05) is 0 Å². The number of hydrogen-bond donors (Lipinski definition) is 2. The van der Waals surface area contributed by atoms with Crippen molar-refractivity contribution in [3.8, 4) is 0 Å². The van der Waals surface area contributed by atoms with E-state index in [-0.39, 0.29) is 75.3 Å². The van der Waals surface area contributed by atoms with Gasteiger partial charge in [-0.05, 0) is 0 Å². The van der Waals surface area contributed by atoms with Crippen molar-refractivity contribution in [1.82, 2.24) is 0 Å². The maximum absolute atomic E-state index is 3.22. The van der Waals surface area contributed by atoms with Gasteiger partial charge in [0.05, 0.1) is 0 Å². The monoisotopic (exact) mass is 228 g/mol. The summed E-state index contributed by atoms with van der Waals surface area (Å²) in [5.74, 6) is 0. The summed E-state index contributed by atoms with van der Waals surface area (Å²) < 4.78 is 0. The standard InChI is InChI=1S/K.H2S2.Sn.3H/c;1-2;;;;/h;1-2H;;;;. The fourth-order valence-corrected chi connectivity index (χ4v) is 0. The quantitative estimate of drug-likeness (QED) is 0.302. The van der Waals surface area contributed by atoms with Gasteiger partial charge in [0.15, 0.2) is 0 Å². The average molecular weight is 227 g/mol. The molecule has 0 nitrogen and oxygen atoms in total. The van der Waals surface area contributed by atoms with Crippen molar-refractivity contribution in [2.24, 2.45) is 0 Å². The molecule has 0 aromatic heterocycles. The van der Waals surface area contributed by atoms with E-state index < -0.39 is 0 Å². The van der Waals surface area contributed by atoms with Crippen molar-refractivity contribution >= 4 is 98.6 Å². The molecular formula is H5KS2Sn. The summed E-state index contributed by atoms with van der Waals surface area (Å²) in [5.41, 5.74) is 0. The molecule has 0 atom stereocenters. The first-order chi connectivity index (χ1) is 1.00. The molecule has 0 rings (SSSR count). The molecule has 0 N–H and O–H groups in total. The number of hydrogen-bond acceptors (Lipinski definition) is 2. The van der Waals surface area contributed by atoms with Gasteiger partial charge in [-0.2, -0.15) is 0 Å². The van der Waals surface area contributed by atoms with Gasteiger partial charge in [0.2, 0.25) is 0 Å². The van der Waals surface area contributed by atoms with E-state index in [4.69, 9.17) is 0 Å². The molecule has 2 radical (unpaired) electrons. The van der Waals surface area contributed by atoms with Crippen LogP contribution in [0.15, 0.2) is 0 Å². The molecule has 0 aliphatic rings. The van der Waals surface area contributed by atoms with E-state index >= 15 is 0 Å². The summed E-state index contributed by atoms with van der Waals surface area (Å²) >= 11 is 6.44. The molecule has 22 valence electrons. The van der Waals surface area contributed by atoms with E-state index in [2.05, 4.69) is 23.3 Å². The number of rotatable bonds is 0. The average Bonchev–Trinajstić information content (AvgIpc) is 1.00. The Morgan fingerprint density at radius 3 is 1.00 bits per heavy atom. The van der Waals surface area contributed by atoms with Crippen LogP contribution in [0.4, 0.5) is 0 Å². The predicted octanol–water partition coefficient (Wildman–Crippen LogP) is -0.804. The fraction of sp³-hybridized carbons (Fsp3) is 0. The molecule has 0 amide bonds. The van der Waals surface area contributed by atoms with E-state index in [1.165, 1.54) is 0 Å². The van der Waals surface area contributed by atoms with Crippen molar-refractivity contribution in [3.63, 3.8) is 0 Å². The fourth-order valence-electron chi connectivity index (χ4n) is 0. The van der Waals surface area contributed by atoms with Gasteiger partial charge in [0.1, 0.15) is 0 Å². The maximum atomic E-state index is 3.22. The van der Waals surface area contributed by atoms with Crippen LogP contribution >= 0.6 is 23.3 Å². The van der Waals surface area contributed by atoms with Crippen LogP contribution < -0.4 is 0 Å². The first kappa shape index (κ1) is 15.7.